The molecule has 0 radical (unpaired) electrons. The molecule has 0 aliphatic carbocycles. The van der Waals surface area contributed by atoms with Gasteiger partial charge in [0.15, 0.2) is 5.75 Å². The third kappa shape index (κ3) is 4.00. The molecule has 21 heavy (non-hydrogen) atoms. The smallest absolute Gasteiger partial charge is 0.310 e. The van der Waals surface area contributed by atoms with Crippen molar-refractivity contribution in [2.24, 2.45) is 0 Å². The minimum Gasteiger partial charge on any atom is -0.482 e. The second-order valence-corrected chi connectivity index (χ2v) is 4.50. The van der Waals surface area contributed by atoms with Crippen LogP contribution in [0, 0.1) is 15.9 Å². The fourth-order valence-corrected chi connectivity index (χ4v) is 1.88. The summed E-state index contributed by atoms with van der Waals surface area (Å²) in [6.45, 7) is 0.731. The second-order valence-electron chi connectivity index (χ2n) is 4.50. The van der Waals surface area contributed by atoms with Gasteiger partial charge in [0, 0.05) is 12.6 Å². The van der Waals surface area contributed by atoms with Gasteiger partial charge in [-0.2, -0.15) is 0 Å². The van der Waals surface area contributed by atoms with E-state index in [1.165, 1.54) is 18.2 Å². The molecule has 110 valence electrons. The Labute approximate surface area is 121 Å². The molecule has 0 atom stereocenters. The zero-order chi connectivity index (χ0) is 15.2. The normalized spacial score (nSPS) is 10.4. The predicted octanol–water partition coefficient (Wildman–Crippen LogP) is 3.03. The molecule has 0 unspecified atom stereocenters. The predicted molar refractivity (Wildman–Crippen MR) is 76.6 cm³/mol. The molecule has 0 heterocycles. The summed E-state index contributed by atoms with van der Waals surface area (Å²) in [6, 6.07) is 10.6. The molecule has 0 fully saturated rings. The Balaban J connectivity index is 2.18. The molecule has 0 saturated carbocycles. The number of hydrogen-bond donors (Lipinski definition) is 1. The van der Waals surface area contributed by atoms with Crippen LogP contribution in [-0.2, 0) is 13.2 Å². The molecule has 0 aromatic heterocycles. The number of halogens is 1. The highest BCUT2D eigenvalue weighted by Crippen LogP contribution is 2.28. The Morgan fingerprint density at radius 3 is 2.48 bits per heavy atom. The van der Waals surface area contributed by atoms with E-state index < -0.39 is 4.92 Å². The van der Waals surface area contributed by atoms with E-state index in [1.54, 1.807) is 31.3 Å². The minimum absolute atomic E-state index is 0.0861. The fraction of sp³-hybridized carbons (Fsp3) is 0.200. The molecule has 0 bridgehead atoms. The summed E-state index contributed by atoms with van der Waals surface area (Å²) in [5.74, 6) is -0.127. The molecule has 0 amide bonds. The van der Waals surface area contributed by atoms with Crippen molar-refractivity contribution in [3.63, 3.8) is 0 Å². The molecular formula is C15H15FN2O3. The summed E-state index contributed by atoms with van der Waals surface area (Å²) in [6.07, 6.45) is 0. The molecule has 2 aromatic carbocycles. The highest BCUT2D eigenvalue weighted by atomic mass is 19.1. The standard InChI is InChI=1S/C15H15FN2O3/c1-17-9-12-4-7-14(18(19)20)15(8-12)21-10-11-2-5-13(16)6-3-11/h2-8,17H,9-10H2,1H3. The van der Waals surface area contributed by atoms with Crippen LogP contribution in [-0.4, -0.2) is 12.0 Å². The average molecular weight is 290 g/mol. The fourth-order valence-electron chi connectivity index (χ4n) is 1.88. The quantitative estimate of drug-likeness (QED) is 0.656. The molecule has 0 aliphatic heterocycles. The van der Waals surface area contributed by atoms with Crippen molar-refractivity contribution >= 4 is 5.69 Å². The lowest BCUT2D eigenvalue weighted by Crippen LogP contribution is -2.06. The summed E-state index contributed by atoms with van der Waals surface area (Å²) in [5.41, 5.74) is 1.54. The Morgan fingerprint density at radius 2 is 1.86 bits per heavy atom. The van der Waals surface area contributed by atoms with Crippen LogP contribution in [0.4, 0.5) is 10.1 Å². The summed E-state index contributed by atoms with van der Waals surface area (Å²) in [4.78, 5) is 10.5. The van der Waals surface area contributed by atoms with Gasteiger partial charge in [-0.25, -0.2) is 4.39 Å². The van der Waals surface area contributed by atoms with Gasteiger partial charge in [-0.3, -0.25) is 10.1 Å². The van der Waals surface area contributed by atoms with Crippen molar-refractivity contribution in [1.29, 1.82) is 0 Å². The number of nitrogens with zero attached hydrogens (tertiary/aromatic N) is 1. The van der Waals surface area contributed by atoms with Gasteiger partial charge in [-0.05, 0) is 36.4 Å². The minimum atomic E-state index is -0.483. The van der Waals surface area contributed by atoms with Crippen molar-refractivity contribution in [1.82, 2.24) is 5.32 Å². The Hall–Kier alpha value is -2.47. The molecule has 2 rings (SSSR count). The Kier molecular flexibility index (Phi) is 4.84. The van der Waals surface area contributed by atoms with E-state index in [1.807, 2.05) is 0 Å². The third-order valence-corrected chi connectivity index (χ3v) is 2.91. The van der Waals surface area contributed by atoms with E-state index in [0.29, 0.717) is 6.54 Å². The maximum absolute atomic E-state index is 12.8. The molecule has 0 spiro atoms. The van der Waals surface area contributed by atoms with Crippen LogP contribution in [0.3, 0.4) is 0 Å². The summed E-state index contributed by atoms with van der Waals surface area (Å²) < 4.78 is 18.3. The molecule has 1 N–H and O–H groups in total. The lowest BCUT2D eigenvalue weighted by Gasteiger charge is -2.09. The van der Waals surface area contributed by atoms with Crippen LogP contribution in [0.25, 0.3) is 0 Å². The van der Waals surface area contributed by atoms with Crippen LogP contribution in [0.5, 0.6) is 5.75 Å². The number of ether oxygens (including phenoxy) is 1. The molecule has 6 heteroatoms. The SMILES string of the molecule is CNCc1ccc([N+](=O)[O-])c(OCc2ccc(F)cc2)c1. The first-order valence-corrected chi connectivity index (χ1v) is 6.39. The topological polar surface area (TPSA) is 64.4 Å². The van der Waals surface area contributed by atoms with Crippen LogP contribution < -0.4 is 10.1 Å². The van der Waals surface area contributed by atoms with Gasteiger partial charge >= 0.3 is 5.69 Å². The second kappa shape index (κ2) is 6.81. The van der Waals surface area contributed by atoms with E-state index >= 15 is 0 Å². The van der Waals surface area contributed by atoms with Crippen LogP contribution in [0.15, 0.2) is 42.5 Å². The average Bonchev–Trinajstić information content (AvgIpc) is 2.47. The molecular weight excluding hydrogens is 275 g/mol. The van der Waals surface area contributed by atoms with Gasteiger partial charge < -0.3 is 10.1 Å². The largest absolute Gasteiger partial charge is 0.482 e. The molecule has 5 nitrogen and oxygen atoms in total. The van der Waals surface area contributed by atoms with Crippen LogP contribution in [0.2, 0.25) is 0 Å². The number of nitro benzene ring substituents is 1. The highest BCUT2D eigenvalue weighted by molar-refractivity contribution is 5.48. The van der Waals surface area contributed by atoms with Gasteiger partial charge in [-0.15, -0.1) is 0 Å². The Bertz CT molecular complexity index is 629. The van der Waals surface area contributed by atoms with Gasteiger partial charge in [0.1, 0.15) is 12.4 Å². The van der Waals surface area contributed by atoms with E-state index in [-0.39, 0.29) is 23.9 Å². The number of benzene rings is 2. The maximum atomic E-state index is 12.8. The highest BCUT2D eigenvalue weighted by Gasteiger charge is 2.15. The molecule has 2 aromatic rings. The van der Waals surface area contributed by atoms with Crippen LogP contribution in [0.1, 0.15) is 11.1 Å². The first kappa shape index (κ1) is 14.9. The van der Waals surface area contributed by atoms with E-state index in [0.717, 1.165) is 11.1 Å². The van der Waals surface area contributed by atoms with E-state index in [4.69, 9.17) is 4.74 Å². The zero-order valence-corrected chi connectivity index (χ0v) is 11.5. The Morgan fingerprint density at radius 1 is 1.19 bits per heavy atom. The summed E-state index contributed by atoms with van der Waals surface area (Å²) in [5, 5.41) is 14.0. The van der Waals surface area contributed by atoms with Gasteiger partial charge in [0.25, 0.3) is 0 Å². The zero-order valence-electron chi connectivity index (χ0n) is 11.5. The monoisotopic (exact) mass is 290 g/mol. The molecule has 0 saturated heterocycles. The molecule has 0 aliphatic rings. The van der Waals surface area contributed by atoms with Crippen molar-refractivity contribution < 1.29 is 14.1 Å². The first-order chi connectivity index (χ1) is 10.1. The van der Waals surface area contributed by atoms with E-state index in [9.17, 15) is 14.5 Å². The number of rotatable bonds is 6. The van der Waals surface area contributed by atoms with Crippen molar-refractivity contribution in [2.45, 2.75) is 13.2 Å². The van der Waals surface area contributed by atoms with Gasteiger partial charge in [0.2, 0.25) is 0 Å². The first-order valence-electron chi connectivity index (χ1n) is 6.39. The van der Waals surface area contributed by atoms with Crippen molar-refractivity contribution in [2.75, 3.05) is 7.05 Å². The summed E-state index contributed by atoms with van der Waals surface area (Å²) in [7, 11) is 1.79. The number of nitro groups is 1. The summed E-state index contributed by atoms with van der Waals surface area (Å²) >= 11 is 0. The van der Waals surface area contributed by atoms with Gasteiger partial charge in [0.05, 0.1) is 4.92 Å². The third-order valence-electron chi connectivity index (χ3n) is 2.91. The van der Waals surface area contributed by atoms with Crippen LogP contribution >= 0.6 is 0 Å². The van der Waals surface area contributed by atoms with Crippen molar-refractivity contribution in [3.05, 3.63) is 69.5 Å². The number of hydrogen-bond acceptors (Lipinski definition) is 4. The lowest BCUT2D eigenvalue weighted by molar-refractivity contribution is -0.386. The van der Waals surface area contributed by atoms with Crippen molar-refractivity contribution in [3.8, 4) is 5.75 Å². The maximum Gasteiger partial charge on any atom is 0.310 e. The lowest BCUT2D eigenvalue weighted by atomic mass is 10.2. The van der Waals surface area contributed by atoms with E-state index in [2.05, 4.69) is 5.32 Å². The van der Waals surface area contributed by atoms with Gasteiger partial charge in [-0.1, -0.05) is 18.2 Å². The number of nitrogens with one attached hydrogen (secondary N) is 1.